The number of para-hydroxylation sites is 1. The molecular formula is C51H32N4O. The minimum Gasteiger partial charge on any atom is -0.456 e. The zero-order chi connectivity index (χ0) is 37.0. The van der Waals surface area contributed by atoms with Crippen molar-refractivity contribution in [2.45, 2.75) is 0 Å². The van der Waals surface area contributed by atoms with Crippen molar-refractivity contribution in [2.24, 2.45) is 0 Å². The van der Waals surface area contributed by atoms with Crippen molar-refractivity contribution in [3.05, 3.63) is 194 Å². The van der Waals surface area contributed by atoms with Crippen LogP contribution in [0.15, 0.2) is 199 Å². The van der Waals surface area contributed by atoms with E-state index >= 15 is 0 Å². The number of aromatic nitrogens is 4. The SMILES string of the molecule is c1ccc(-c2nc(-c3ccccc3)nc(-c3ccc(-c4ccc5c(c4)oc4ccc(-n6c7ccccc7c7c(-c8ccccc8)cccc76)cc45)cc3)n2)cc1. The van der Waals surface area contributed by atoms with Crippen LogP contribution in [0.4, 0.5) is 0 Å². The molecule has 0 aliphatic rings. The molecule has 0 fully saturated rings. The first-order chi connectivity index (χ1) is 27.7. The Hall–Kier alpha value is -7.63. The molecule has 3 aromatic heterocycles. The Balaban J connectivity index is 0.967. The molecule has 0 bridgehead atoms. The van der Waals surface area contributed by atoms with Gasteiger partial charge >= 0.3 is 0 Å². The van der Waals surface area contributed by atoms with Gasteiger partial charge in [-0.15, -0.1) is 0 Å². The van der Waals surface area contributed by atoms with Crippen molar-refractivity contribution in [1.29, 1.82) is 0 Å². The minimum atomic E-state index is 0.632. The van der Waals surface area contributed by atoms with Crippen molar-refractivity contribution >= 4 is 43.7 Å². The molecule has 56 heavy (non-hydrogen) atoms. The normalized spacial score (nSPS) is 11.6. The van der Waals surface area contributed by atoms with E-state index in [-0.39, 0.29) is 0 Å². The maximum Gasteiger partial charge on any atom is 0.164 e. The summed E-state index contributed by atoms with van der Waals surface area (Å²) in [7, 11) is 0. The lowest BCUT2D eigenvalue weighted by Gasteiger charge is -2.09. The molecule has 0 amide bonds. The third-order valence-electron chi connectivity index (χ3n) is 10.7. The molecule has 8 aromatic carbocycles. The average Bonchev–Trinajstić information content (AvgIpc) is 3.82. The Morgan fingerprint density at radius 1 is 0.339 bits per heavy atom. The molecule has 11 aromatic rings. The lowest BCUT2D eigenvalue weighted by atomic mass is 9.99. The van der Waals surface area contributed by atoms with Gasteiger partial charge < -0.3 is 8.98 Å². The molecule has 0 aliphatic carbocycles. The highest BCUT2D eigenvalue weighted by molar-refractivity contribution is 6.16. The lowest BCUT2D eigenvalue weighted by molar-refractivity contribution is 0.669. The van der Waals surface area contributed by atoms with Crippen LogP contribution in [-0.2, 0) is 0 Å². The molecule has 0 N–H and O–H groups in total. The van der Waals surface area contributed by atoms with Crippen molar-refractivity contribution < 1.29 is 4.42 Å². The molecule has 0 spiro atoms. The van der Waals surface area contributed by atoms with Gasteiger partial charge in [-0.2, -0.15) is 0 Å². The third-order valence-corrected chi connectivity index (χ3v) is 10.7. The van der Waals surface area contributed by atoms with Crippen LogP contribution in [0.5, 0.6) is 0 Å². The van der Waals surface area contributed by atoms with Gasteiger partial charge in [-0.3, -0.25) is 0 Å². The number of fused-ring (bicyclic) bond motifs is 6. The molecule has 0 saturated carbocycles. The van der Waals surface area contributed by atoms with Crippen LogP contribution in [0.2, 0.25) is 0 Å². The fraction of sp³-hybridized carbons (Fsp3) is 0. The summed E-state index contributed by atoms with van der Waals surface area (Å²) in [6.45, 7) is 0. The highest BCUT2D eigenvalue weighted by Gasteiger charge is 2.18. The summed E-state index contributed by atoms with van der Waals surface area (Å²) in [4.78, 5) is 14.6. The van der Waals surface area contributed by atoms with Crippen molar-refractivity contribution in [1.82, 2.24) is 19.5 Å². The number of hydrogen-bond acceptors (Lipinski definition) is 4. The van der Waals surface area contributed by atoms with E-state index in [1.54, 1.807) is 0 Å². The quantitative estimate of drug-likeness (QED) is 0.172. The molecular weight excluding hydrogens is 685 g/mol. The van der Waals surface area contributed by atoms with Gasteiger partial charge in [-0.1, -0.05) is 152 Å². The highest BCUT2D eigenvalue weighted by Crippen LogP contribution is 2.40. The summed E-state index contributed by atoms with van der Waals surface area (Å²) in [6.07, 6.45) is 0. The van der Waals surface area contributed by atoms with Crippen LogP contribution in [0, 0.1) is 0 Å². The second-order valence-electron chi connectivity index (χ2n) is 14.0. The number of hydrogen-bond donors (Lipinski definition) is 0. The van der Waals surface area contributed by atoms with E-state index < -0.39 is 0 Å². The van der Waals surface area contributed by atoms with Crippen LogP contribution in [0.25, 0.3) is 106 Å². The zero-order valence-electron chi connectivity index (χ0n) is 30.2. The molecule has 0 radical (unpaired) electrons. The van der Waals surface area contributed by atoms with Crippen LogP contribution in [0.1, 0.15) is 0 Å². The van der Waals surface area contributed by atoms with Crippen molar-refractivity contribution in [2.75, 3.05) is 0 Å². The Morgan fingerprint density at radius 2 is 0.893 bits per heavy atom. The highest BCUT2D eigenvalue weighted by atomic mass is 16.3. The van der Waals surface area contributed by atoms with Gasteiger partial charge in [-0.05, 0) is 64.7 Å². The number of furan rings is 1. The van der Waals surface area contributed by atoms with Gasteiger partial charge in [0.2, 0.25) is 0 Å². The standard InChI is InChI=1S/C51H32N4O/c1-4-13-34(14-5-1)40-20-12-22-45-48(40)42-19-10-11-21-44(42)55(45)39-28-30-46-43(32-39)41-29-27-38(31-47(41)56-46)33-23-25-37(26-24-33)51-53-49(35-15-6-2-7-16-35)52-50(54-51)36-17-8-3-9-18-36/h1-32H. The topological polar surface area (TPSA) is 56.7 Å². The monoisotopic (exact) mass is 716 g/mol. The molecule has 0 saturated heterocycles. The first-order valence-corrected chi connectivity index (χ1v) is 18.8. The van der Waals surface area contributed by atoms with Gasteiger partial charge in [0.25, 0.3) is 0 Å². The van der Waals surface area contributed by atoms with E-state index in [4.69, 9.17) is 19.4 Å². The van der Waals surface area contributed by atoms with Crippen molar-refractivity contribution in [3.63, 3.8) is 0 Å². The third kappa shape index (κ3) is 5.37. The van der Waals surface area contributed by atoms with Crippen LogP contribution < -0.4 is 0 Å². The molecule has 0 atom stereocenters. The number of nitrogens with zero attached hydrogens (tertiary/aromatic N) is 4. The largest absolute Gasteiger partial charge is 0.456 e. The lowest BCUT2D eigenvalue weighted by Crippen LogP contribution is -2.00. The Morgan fingerprint density at radius 3 is 1.57 bits per heavy atom. The predicted molar refractivity (Wildman–Crippen MR) is 229 cm³/mol. The van der Waals surface area contributed by atoms with E-state index in [2.05, 4.69) is 138 Å². The van der Waals surface area contributed by atoms with Gasteiger partial charge in [0.05, 0.1) is 11.0 Å². The fourth-order valence-corrected chi connectivity index (χ4v) is 7.99. The summed E-state index contributed by atoms with van der Waals surface area (Å²) in [5, 5.41) is 4.66. The van der Waals surface area contributed by atoms with Crippen LogP contribution in [-0.4, -0.2) is 19.5 Å². The predicted octanol–water partition coefficient (Wildman–Crippen LogP) is 13.2. The summed E-state index contributed by atoms with van der Waals surface area (Å²) in [5.41, 5.74) is 12.6. The van der Waals surface area contributed by atoms with Gasteiger partial charge in [0.15, 0.2) is 17.5 Å². The van der Waals surface area contributed by atoms with E-state index in [1.807, 2.05) is 60.7 Å². The fourth-order valence-electron chi connectivity index (χ4n) is 7.99. The first-order valence-electron chi connectivity index (χ1n) is 18.8. The molecule has 0 aliphatic heterocycles. The van der Waals surface area contributed by atoms with Crippen LogP contribution in [0.3, 0.4) is 0 Å². The Kier molecular flexibility index (Phi) is 7.42. The Bertz CT molecular complexity index is 3160. The van der Waals surface area contributed by atoms with E-state index in [0.717, 1.165) is 55.4 Å². The van der Waals surface area contributed by atoms with E-state index in [0.29, 0.717) is 17.5 Å². The summed E-state index contributed by atoms with van der Waals surface area (Å²) >= 11 is 0. The summed E-state index contributed by atoms with van der Waals surface area (Å²) in [5.74, 6) is 1.92. The molecule has 3 heterocycles. The second-order valence-corrected chi connectivity index (χ2v) is 14.0. The smallest absolute Gasteiger partial charge is 0.164 e. The van der Waals surface area contributed by atoms with E-state index in [1.165, 1.54) is 32.9 Å². The minimum absolute atomic E-state index is 0.632. The molecule has 262 valence electrons. The second kappa shape index (κ2) is 13.0. The van der Waals surface area contributed by atoms with E-state index in [9.17, 15) is 0 Å². The van der Waals surface area contributed by atoms with Gasteiger partial charge in [0.1, 0.15) is 11.2 Å². The molecule has 5 nitrogen and oxygen atoms in total. The summed E-state index contributed by atoms with van der Waals surface area (Å²) < 4.78 is 8.88. The van der Waals surface area contributed by atoms with Gasteiger partial charge in [-0.25, -0.2) is 15.0 Å². The Labute approximate surface area is 322 Å². The van der Waals surface area contributed by atoms with Crippen LogP contribution >= 0.6 is 0 Å². The average molecular weight is 717 g/mol. The van der Waals surface area contributed by atoms with Crippen molar-refractivity contribution in [3.8, 4) is 62.1 Å². The summed E-state index contributed by atoms with van der Waals surface area (Å²) in [6, 6.07) is 67.5. The maximum atomic E-state index is 6.51. The zero-order valence-corrected chi connectivity index (χ0v) is 30.2. The number of rotatable bonds is 6. The van der Waals surface area contributed by atoms with Gasteiger partial charge in [0, 0.05) is 43.9 Å². The molecule has 11 rings (SSSR count). The maximum absolute atomic E-state index is 6.51. The first kappa shape index (κ1) is 31.9. The molecule has 0 unspecified atom stereocenters. The molecule has 5 heteroatoms. The number of benzene rings is 8.